The predicted molar refractivity (Wildman–Crippen MR) is 120 cm³/mol. The molecular weight excluding hydrogens is 416 g/mol. The molecule has 4 aromatic rings. The predicted octanol–water partition coefficient (Wildman–Crippen LogP) is 4.83. The Labute approximate surface area is 179 Å². The van der Waals surface area contributed by atoms with Crippen molar-refractivity contribution < 1.29 is 13.5 Å². The topological polar surface area (TPSA) is 73.4 Å². The minimum absolute atomic E-state index is 0.109. The highest BCUT2D eigenvalue weighted by Gasteiger charge is 2.46. The van der Waals surface area contributed by atoms with Crippen LogP contribution in [0.2, 0.25) is 0 Å². The SMILES string of the molecule is Cc1ccc(S(=O)(=O)N2c3[nH]c4ccccc4c3[C@H](c3ccsc3)[C@@H](C)[C@H]2O)cc1. The summed E-state index contributed by atoms with van der Waals surface area (Å²) in [5.74, 6) is 0.00646. The Balaban J connectivity index is 1.78. The van der Waals surface area contributed by atoms with E-state index in [9.17, 15) is 13.5 Å². The van der Waals surface area contributed by atoms with E-state index in [1.165, 1.54) is 4.31 Å². The molecule has 2 aromatic heterocycles. The largest absolute Gasteiger partial charge is 0.372 e. The molecule has 1 aliphatic heterocycles. The van der Waals surface area contributed by atoms with E-state index in [2.05, 4.69) is 10.4 Å². The molecule has 1 aliphatic rings. The van der Waals surface area contributed by atoms with Crippen molar-refractivity contribution in [3.63, 3.8) is 0 Å². The molecule has 0 fully saturated rings. The molecule has 0 saturated carbocycles. The lowest BCUT2D eigenvalue weighted by molar-refractivity contribution is 0.112. The summed E-state index contributed by atoms with van der Waals surface area (Å²) in [5.41, 5.74) is 3.83. The van der Waals surface area contributed by atoms with Gasteiger partial charge in [0.15, 0.2) is 0 Å². The maximum atomic E-state index is 13.6. The number of hydrogen-bond acceptors (Lipinski definition) is 4. The number of aromatic amines is 1. The van der Waals surface area contributed by atoms with E-state index in [1.54, 1.807) is 35.6 Å². The van der Waals surface area contributed by atoms with Crippen LogP contribution in [0.15, 0.2) is 70.3 Å². The summed E-state index contributed by atoms with van der Waals surface area (Å²) in [5, 5.41) is 16.3. The van der Waals surface area contributed by atoms with Gasteiger partial charge in [-0.2, -0.15) is 11.3 Å². The second-order valence-corrected chi connectivity index (χ2v) is 10.4. The zero-order valence-corrected chi connectivity index (χ0v) is 18.2. The van der Waals surface area contributed by atoms with Gasteiger partial charge in [0.1, 0.15) is 12.0 Å². The van der Waals surface area contributed by atoms with Crippen LogP contribution in [0.1, 0.15) is 29.5 Å². The van der Waals surface area contributed by atoms with Gasteiger partial charge in [0.25, 0.3) is 10.0 Å². The van der Waals surface area contributed by atoms with Crippen molar-refractivity contribution in [1.29, 1.82) is 0 Å². The lowest BCUT2D eigenvalue weighted by Crippen LogP contribution is -2.49. The first kappa shape index (κ1) is 19.4. The number of fused-ring (bicyclic) bond motifs is 3. The van der Waals surface area contributed by atoms with Gasteiger partial charge in [-0.05, 0) is 47.5 Å². The van der Waals surface area contributed by atoms with E-state index >= 15 is 0 Å². The summed E-state index contributed by atoms with van der Waals surface area (Å²) in [7, 11) is -3.96. The van der Waals surface area contributed by atoms with Crippen LogP contribution in [0.5, 0.6) is 0 Å². The fourth-order valence-corrected chi connectivity index (χ4v) is 6.69. The normalized spacial score (nSPS) is 21.7. The van der Waals surface area contributed by atoms with E-state index in [0.29, 0.717) is 5.82 Å². The number of benzene rings is 2. The van der Waals surface area contributed by atoms with Crippen LogP contribution >= 0.6 is 11.3 Å². The third-order valence-corrected chi connectivity index (χ3v) is 8.46. The maximum Gasteiger partial charge on any atom is 0.267 e. The number of aryl methyl sites for hydroxylation is 1. The standard InChI is InChI=1S/C23H22N2O3S2/c1-14-7-9-17(10-8-14)30(27,28)25-22-21(18-5-3-4-6-19(18)24-22)20(15(2)23(25)26)16-11-12-29-13-16/h3-13,15,20,23-24,26H,1-2H3/t15-,20+,23-/m1/s1. The molecule has 3 atom stereocenters. The molecule has 5 nitrogen and oxygen atoms in total. The van der Waals surface area contributed by atoms with Gasteiger partial charge in [-0.15, -0.1) is 0 Å². The number of aliphatic hydroxyl groups excluding tert-OH is 1. The smallest absolute Gasteiger partial charge is 0.267 e. The first-order valence-corrected chi connectivity index (χ1v) is 12.2. The molecule has 0 unspecified atom stereocenters. The molecule has 0 amide bonds. The molecular formula is C23H22N2O3S2. The monoisotopic (exact) mass is 438 g/mol. The van der Waals surface area contributed by atoms with Crippen molar-refractivity contribution >= 4 is 38.1 Å². The number of anilines is 1. The Morgan fingerprint density at radius 3 is 2.50 bits per heavy atom. The van der Waals surface area contributed by atoms with Crippen molar-refractivity contribution in [3.05, 3.63) is 82.0 Å². The number of thiophene rings is 1. The minimum atomic E-state index is -3.96. The second kappa shape index (κ2) is 6.97. The van der Waals surface area contributed by atoms with Crippen LogP contribution in [-0.2, 0) is 10.0 Å². The van der Waals surface area contributed by atoms with Crippen molar-refractivity contribution in [2.75, 3.05) is 4.31 Å². The number of H-pyrrole nitrogens is 1. The van der Waals surface area contributed by atoms with Gasteiger partial charge in [-0.25, -0.2) is 12.7 Å². The van der Waals surface area contributed by atoms with E-state index < -0.39 is 16.3 Å². The van der Waals surface area contributed by atoms with Gasteiger partial charge in [0.05, 0.1) is 4.90 Å². The summed E-state index contributed by atoms with van der Waals surface area (Å²) in [6.07, 6.45) is -1.19. The van der Waals surface area contributed by atoms with E-state index in [-0.39, 0.29) is 16.7 Å². The van der Waals surface area contributed by atoms with Crippen molar-refractivity contribution in [1.82, 2.24) is 4.98 Å². The molecule has 7 heteroatoms. The second-order valence-electron chi connectivity index (χ2n) is 7.85. The number of hydrogen-bond donors (Lipinski definition) is 2. The Morgan fingerprint density at radius 1 is 1.07 bits per heavy atom. The van der Waals surface area contributed by atoms with Crippen LogP contribution in [0.4, 0.5) is 5.82 Å². The first-order chi connectivity index (χ1) is 14.4. The number of rotatable bonds is 3. The van der Waals surface area contributed by atoms with Crippen molar-refractivity contribution in [2.45, 2.75) is 30.9 Å². The molecule has 0 saturated heterocycles. The van der Waals surface area contributed by atoms with Gasteiger partial charge in [-0.3, -0.25) is 0 Å². The summed E-state index contributed by atoms with van der Waals surface area (Å²) in [4.78, 5) is 3.45. The average Bonchev–Trinajstić information content (AvgIpc) is 3.37. The maximum absolute atomic E-state index is 13.6. The fourth-order valence-electron chi connectivity index (χ4n) is 4.43. The van der Waals surface area contributed by atoms with E-state index in [1.807, 2.05) is 49.6 Å². The molecule has 30 heavy (non-hydrogen) atoms. The highest BCUT2D eigenvalue weighted by atomic mass is 32.2. The Bertz CT molecular complexity index is 1310. The molecule has 0 aliphatic carbocycles. The minimum Gasteiger partial charge on any atom is -0.372 e. The summed E-state index contributed by atoms with van der Waals surface area (Å²) in [6.45, 7) is 3.82. The molecule has 2 aromatic carbocycles. The zero-order chi connectivity index (χ0) is 21.0. The van der Waals surface area contributed by atoms with Gasteiger partial charge in [0, 0.05) is 28.3 Å². The highest BCUT2D eigenvalue weighted by Crippen LogP contribution is 2.49. The van der Waals surface area contributed by atoms with Gasteiger partial charge < -0.3 is 10.1 Å². The summed E-state index contributed by atoms with van der Waals surface area (Å²) < 4.78 is 28.4. The van der Waals surface area contributed by atoms with Crippen LogP contribution in [0, 0.1) is 12.8 Å². The first-order valence-electron chi connectivity index (χ1n) is 9.81. The number of nitrogens with one attached hydrogen (secondary N) is 1. The van der Waals surface area contributed by atoms with E-state index in [0.717, 1.165) is 27.6 Å². The number of sulfonamides is 1. The lowest BCUT2D eigenvalue weighted by Gasteiger charge is -2.41. The molecule has 0 radical (unpaired) electrons. The number of para-hydroxylation sites is 1. The molecule has 2 N–H and O–H groups in total. The number of nitrogens with zero attached hydrogens (tertiary/aromatic N) is 1. The van der Waals surface area contributed by atoms with Crippen molar-refractivity contribution in [2.24, 2.45) is 5.92 Å². The van der Waals surface area contributed by atoms with Gasteiger partial charge in [0.2, 0.25) is 0 Å². The van der Waals surface area contributed by atoms with Gasteiger partial charge >= 0.3 is 0 Å². The average molecular weight is 439 g/mol. The highest BCUT2D eigenvalue weighted by molar-refractivity contribution is 7.92. The summed E-state index contributed by atoms with van der Waals surface area (Å²) >= 11 is 1.60. The Hall–Kier alpha value is -2.61. The third-order valence-electron chi connectivity index (χ3n) is 5.97. The molecule has 0 spiro atoms. The van der Waals surface area contributed by atoms with Crippen LogP contribution in [0.25, 0.3) is 10.9 Å². The van der Waals surface area contributed by atoms with Crippen LogP contribution in [0.3, 0.4) is 0 Å². The number of aliphatic hydroxyl groups is 1. The quantitative estimate of drug-likeness (QED) is 0.481. The van der Waals surface area contributed by atoms with Crippen LogP contribution < -0.4 is 4.31 Å². The Kier molecular flexibility index (Phi) is 4.50. The third kappa shape index (κ3) is 2.80. The number of aromatic nitrogens is 1. The fraction of sp³-hybridized carbons (Fsp3) is 0.217. The summed E-state index contributed by atoms with van der Waals surface area (Å²) in [6, 6.07) is 16.6. The Morgan fingerprint density at radius 2 is 1.80 bits per heavy atom. The van der Waals surface area contributed by atoms with E-state index in [4.69, 9.17) is 0 Å². The zero-order valence-electron chi connectivity index (χ0n) is 16.6. The van der Waals surface area contributed by atoms with Crippen LogP contribution in [-0.4, -0.2) is 24.7 Å². The lowest BCUT2D eigenvalue weighted by atomic mass is 9.79. The molecule has 0 bridgehead atoms. The molecule has 3 heterocycles. The van der Waals surface area contributed by atoms with Crippen molar-refractivity contribution in [3.8, 4) is 0 Å². The molecule has 5 rings (SSSR count). The molecule has 154 valence electrons. The van der Waals surface area contributed by atoms with Gasteiger partial charge in [-0.1, -0.05) is 42.8 Å².